The van der Waals surface area contributed by atoms with Crippen LogP contribution in [0.4, 0.5) is 5.82 Å². The zero-order valence-electron chi connectivity index (χ0n) is 9.42. The van der Waals surface area contributed by atoms with E-state index in [-0.39, 0.29) is 0 Å². The van der Waals surface area contributed by atoms with Crippen LogP contribution >= 0.6 is 43.2 Å². The largest absolute Gasteiger partial charge is 0.370 e. The van der Waals surface area contributed by atoms with Gasteiger partial charge in [0.25, 0.3) is 0 Å². The summed E-state index contributed by atoms with van der Waals surface area (Å²) in [6.07, 6.45) is 0. The lowest BCUT2D eigenvalue weighted by Gasteiger charge is -2.05. The summed E-state index contributed by atoms with van der Waals surface area (Å²) in [4.78, 5) is 10.0. The third-order valence-corrected chi connectivity index (χ3v) is 5.33. The summed E-state index contributed by atoms with van der Waals surface area (Å²) in [5.74, 6) is 1.63. The predicted octanol–water partition coefficient (Wildman–Crippen LogP) is 4.47. The molecule has 17 heavy (non-hydrogen) atoms. The number of hydrogen-bond donors (Lipinski definition) is 1. The SMILES string of the molecule is CCNc1cc(C)nc(-c2cc(Br)c(Br)s2)n1. The molecule has 0 bridgehead atoms. The Morgan fingerprint density at radius 1 is 1.29 bits per heavy atom. The van der Waals surface area contributed by atoms with Gasteiger partial charge in [0.15, 0.2) is 5.82 Å². The van der Waals surface area contributed by atoms with Gasteiger partial charge in [0.2, 0.25) is 0 Å². The molecule has 0 spiro atoms. The summed E-state index contributed by atoms with van der Waals surface area (Å²) in [6.45, 7) is 4.88. The Hall–Kier alpha value is -0.460. The fourth-order valence-corrected chi connectivity index (χ4v) is 3.38. The lowest BCUT2D eigenvalue weighted by Crippen LogP contribution is -2.02. The molecule has 0 unspecified atom stereocenters. The number of halogens is 2. The van der Waals surface area contributed by atoms with E-state index in [1.807, 2.05) is 19.1 Å². The second-order valence-corrected chi connectivity index (χ2v) is 6.71. The van der Waals surface area contributed by atoms with Gasteiger partial charge in [-0.05, 0) is 51.8 Å². The fraction of sp³-hybridized carbons (Fsp3) is 0.273. The van der Waals surface area contributed by atoms with Gasteiger partial charge >= 0.3 is 0 Å². The van der Waals surface area contributed by atoms with E-state index in [1.165, 1.54) is 0 Å². The number of anilines is 1. The third kappa shape index (κ3) is 3.05. The number of thiophene rings is 1. The summed E-state index contributed by atoms with van der Waals surface area (Å²) in [5.41, 5.74) is 0.964. The van der Waals surface area contributed by atoms with E-state index in [0.717, 1.165) is 37.0 Å². The van der Waals surface area contributed by atoms with E-state index in [1.54, 1.807) is 11.3 Å². The smallest absolute Gasteiger partial charge is 0.171 e. The molecule has 0 aliphatic heterocycles. The highest BCUT2D eigenvalue weighted by atomic mass is 79.9. The Morgan fingerprint density at radius 2 is 2.06 bits per heavy atom. The minimum atomic E-state index is 0.761. The molecule has 6 heteroatoms. The van der Waals surface area contributed by atoms with Crippen LogP contribution in [-0.2, 0) is 0 Å². The molecule has 0 saturated heterocycles. The van der Waals surface area contributed by atoms with Crippen LogP contribution in [0.5, 0.6) is 0 Å². The Bertz CT molecular complexity index is 520. The molecular weight excluding hydrogens is 366 g/mol. The molecule has 0 aliphatic carbocycles. The van der Waals surface area contributed by atoms with Crippen LogP contribution in [0, 0.1) is 6.92 Å². The minimum absolute atomic E-state index is 0.761. The zero-order valence-corrected chi connectivity index (χ0v) is 13.4. The molecule has 2 aromatic rings. The molecule has 0 fully saturated rings. The highest BCUT2D eigenvalue weighted by Gasteiger charge is 2.10. The molecule has 90 valence electrons. The zero-order chi connectivity index (χ0) is 12.4. The summed E-state index contributed by atoms with van der Waals surface area (Å²) in [5, 5.41) is 3.21. The topological polar surface area (TPSA) is 37.8 Å². The molecule has 0 aliphatic rings. The number of nitrogens with zero attached hydrogens (tertiary/aromatic N) is 2. The number of aromatic nitrogens is 2. The predicted molar refractivity (Wildman–Crippen MR) is 79.6 cm³/mol. The highest BCUT2D eigenvalue weighted by molar-refractivity contribution is 9.13. The van der Waals surface area contributed by atoms with Crippen molar-refractivity contribution in [3.63, 3.8) is 0 Å². The fourth-order valence-electron chi connectivity index (χ4n) is 1.41. The average Bonchev–Trinajstić information content (AvgIpc) is 2.59. The maximum atomic E-state index is 4.49. The Kier molecular flexibility index (Phi) is 4.17. The summed E-state index contributed by atoms with van der Waals surface area (Å²) in [6, 6.07) is 3.98. The molecule has 2 rings (SSSR count). The average molecular weight is 377 g/mol. The molecule has 2 heterocycles. The van der Waals surface area contributed by atoms with Crippen LogP contribution < -0.4 is 5.32 Å². The highest BCUT2D eigenvalue weighted by Crippen LogP contribution is 2.37. The monoisotopic (exact) mass is 375 g/mol. The first kappa shape index (κ1) is 13.0. The standard InChI is InChI=1S/C11H11Br2N3S/c1-3-14-9-4-6(2)15-11(16-9)8-5-7(12)10(13)17-8/h4-5H,3H2,1-2H3,(H,14,15,16). The van der Waals surface area contributed by atoms with Crippen molar-refractivity contribution in [3.05, 3.63) is 26.1 Å². The van der Waals surface area contributed by atoms with Crippen molar-refractivity contribution < 1.29 is 0 Å². The maximum absolute atomic E-state index is 4.49. The van der Waals surface area contributed by atoms with E-state index in [2.05, 4.69) is 54.1 Å². The Balaban J connectivity index is 2.44. The first-order valence-corrected chi connectivity index (χ1v) is 7.55. The van der Waals surface area contributed by atoms with Crippen LogP contribution in [0.3, 0.4) is 0 Å². The normalized spacial score (nSPS) is 10.6. The van der Waals surface area contributed by atoms with Gasteiger partial charge in [0, 0.05) is 22.8 Å². The minimum Gasteiger partial charge on any atom is -0.370 e. The van der Waals surface area contributed by atoms with Crippen molar-refractivity contribution in [1.82, 2.24) is 9.97 Å². The van der Waals surface area contributed by atoms with Gasteiger partial charge in [-0.25, -0.2) is 9.97 Å². The lowest BCUT2D eigenvalue weighted by atomic mass is 10.3. The first-order valence-electron chi connectivity index (χ1n) is 5.15. The molecule has 0 aromatic carbocycles. The second kappa shape index (κ2) is 5.46. The number of rotatable bonds is 3. The molecule has 3 nitrogen and oxygen atoms in total. The van der Waals surface area contributed by atoms with Gasteiger partial charge in [-0.1, -0.05) is 0 Å². The van der Waals surface area contributed by atoms with Gasteiger partial charge in [-0.15, -0.1) is 11.3 Å². The maximum Gasteiger partial charge on any atom is 0.171 e. The van der Waals surface area contributed by atoms with E-state index < -0.39 is 0 Å². The van der Waals surface area contributed by atoms with Gasteiger partial charge in [-0.3, -0.25) is 0 Å². The summed E-state index contributed by atoms with van der Waals surface area (Å²) >= 11 is 8.58. The van der Waals surface area contributed by atoms with Crippen molar-refractivity contribution in [2.75, 3.05) is 11.9 Å². The Morgan fingerprint density at radius 3 is 2.65 bits per heavy atom. The van der Waals surface area contributed by atoms with Gasteiger partial charge < -0.3 is 5.32 Å². The van der Waals surface area contributed by atoms with Crippen molar-refractivity contribution >= 4 is 49.0 Å². The van der Waals surface area contributed by atoms with Crippen LogP contribution in [0.2, 0.25) is 0 Å². The van der Waals surface area contributed by atoms with Crippen LogP contribution in [-0.4, -0.2) is 16.5 Å². The van der Waals surface area contributed by atoms with Crippen molar-refractivity contribution in [2.24, 2.45) is 0 Å². The number of hydrogen-bond acceptors (Lipinski definition) is 4. The van der Waals surface area contributed by atoms with Crippen molar-refractivity contribution in [2.45, 2.75) is 13.8 Å². The van der Waals surface area contributed by atoms with E-state index in [0.29, 0.717) is 0 Å². The molecule has 1 N–H and O–H groups in total. The molecule has 0 amide bonds. The molecule has 2 aromatic heterocycles. The van der Waals surface area contributed by atoms with Crippen molar-refractivity contribution in [1.29, 1.82) is 0 Å². The first-order chi connectivity index (χ1) is 8.10. The van der Waals surface area contributed by atoms with Gasteiger partial charge in [0.1, 0.15) is 5.82 Å². The van der Waals surface area contributed by atoms with Crippen molar-refractivity contribution in [3.8, 4) is 10.7 Å². The summed E-state index contributed by atoms with van der Waals surface area (Å²) < 4.78 is 2.09. The molecule has 0 radical (unpaired) electrons. The summed E-state index contributed by atoms with van der Waals surface area (Å²) in [7, 11) is 0. The van der Waals surface area contributed by atoms with Gasteiger partial charge in [-0.2, -0.15) is 0 Å². The van der Waals surface area contributed by atoms with Crippen LogP contribution in [0.1, 0.15) is 12.6 Å². The molecule has 0 saturated carbocycles. The molecule has 0 atom stereocenters. The van der Waals surface area contributed by atoms with Crippen LogP contribution in [0.25, 0.3) is 10.7 Å². The van der Waals surface area contributed by atoms with E-state index >= 15 is 0 Å². The second-order valence-electron chi connectivity index (χ2n) is 3.48. The third-order valence-electron chi connectivity index (χ3n) is 2.08. The van der Waals surface area contributed by atoms with E-state index in [4.69, 9.17) is 0 Å². The number of nitrogens with one attached hydrogen (secondary N) is 1. The van der Waals surface area contributed by atoms with Gasteiger partial charge in [0.05, 0.1) is 8.66 Å². The lowest BCUT2D eigenvalue weighted by molar-refractivity contribution is 1.08. The number of aryl methyl sites for hydroxylation is 1. The van der Waals surface area contributed by atoms with E-state index in [9.17, 15) is 0 Å². The van der Waals surface area contributed by atoms with Crippen LogP contribution in [0.15, 0.2) is 20.4 Å². The Labute approximate surface area is 121 Å². The quantitative estimate of drug-likeness (QED) is 0.858. The molecular formula is C11H11Br2N3S.